The Labute approximate surface area is 184 Å². The average molecular weight is 414 g/mol. The van der Waals surface area contributed by atoms with E-state index in [1.165, 1.54) is 44.5 Å². The lowest BCUT2D eigenvalue weighted by Crippen LogP contribution is -1.86. The third kappa shape index (κ3) is 2.51. The Morgan fingerprint density at radius 3 is 1.44 bits per heavy atom. The van der Waals surface area contributed by atoms with Crippen LogP contribution in [0.3, 0.4) is 0 Å². The van der Waals surface area contributed by atoms with Crippen LogP contribution < -0.4 is 5.82 Å². The third-order valence-electron chi connectivity index (χ3n) is 6.69. The van der Waals surface area contributed by atoms with Crippen LogP contribution in [0, 0.1) is 0 Å². The molecule has 152 valence electrons. The van der Waals surface area contributed by atoms with Gasteiger partial charge in [0.1, 0.15) is 0 Å². The molecule has 3 heteroatoms. The quantitative estimate of drug-likeness (QED) is 0.316. The van der Waals surface area contributed by atoms with Gasteiger partial charge in [0.25, 0.3) is 0 Å². The first-order chi connectivity index (χ1) is 15.7. The fourth-order valence-electron chi connectivity index (χ4n) is 5.23. The topological polar surface area (TPSA) is 43.4 Å². The molecule has 0 spiro atoms. The van der Waals surface area contributed by atoms with Crippen molar-refractivity contribution in [1.29, 1.82) is 0 Å². The first-order valence-corrected chi connectivity index (χ1v) is 10.8. The number of fused-ring (bicyclic) bond motifs is 6. The second-order valence-electron chi connectivity index (χ2n) is 8.52. The average Bonchev–Trinajstić information content (AvgIpc) is 3.50. The molecule has 0 saturated heterocycles. The minimum atomic E-state index is -0.678. The molecule has 2 aliphatic carbocycles. The van der Waals surface area contributed by atoms with E-state index in [1.54, 1.807) is 0 Å². The summed E-state index contributed by atoms with van der Waals surface area (Å²) in [7, 11) is 0. The van der Waals surface area contributed by atoms with Gasteiger partial charge >= 0.3 is 5.82 Å². The second kappa shape index (κ2) is 6.44. The van der Waals surface area contributed by atoms with E-state index < -0.39 is 5.82 Å². The Kier molecular flexibility index (Phi) is 3.54. The molecule has 4 aromatic carbocycles. The van der Waals surface area contributed by atoms with E-state index in [9.17, 15) is 4.79 Å². The van der Waals surface area contributed by atoms with Gasteiger partial charge in [-0.2, -0.15) is 0 Å². The summed E-state index contributed by atoms with van der Waals surface area (Å²) in [6.07, 6.45) is 1.77. The van der Waals surface area contributed by atoms with Crippen LogP contribution in [0.2, 0.25) is 0 Å². The zero-order valence-electron chi connectivity index (χ0n) is 17.2. The molecule has 0 radical (unpaired) electrons. The van der Waals surface area contributed by atoms with E-state index in [4.69, 9.17) is 8.83 Å². The van der Waals surface area contributed by atoms with Crippen molar-refractivity contribution in [3.05, 3.63) is 118 Å². The molecule has 1 aromatic heterocycles. The third-order valence-corrected chi connectivity index (χ3v) is 6.69. The predicted octanol–water partition coefficient (Wildman–Crippen LogP) is 6.71. The summed E-state index contributed by atoms with van der Waals surface area (Å²) < 4.78 is 11.1. The van der Waals surface area contributed by atoms with Gasteiger partial charge in [-0.15, -0.1) is 0 Å². The lowest BCUT2D eigenvalue weighted by molar-refractivity contribution is 0.393. The minimum absolute atomic E-state index is 0.490. The van der Waals surface area contributed by atoms with Crippen LogP contribution in [0.25, 0.3) is 44.9 Å². The molecule has 1 heterocycles. The van der Waals surface area contributed by atoms with Gasteiger partial charge in [-0.3, -0.25) is 0 Å². The van der Waals surface area contributed by atoms with Crippen LogP contribution in [0.15, 0.2) is 98.6 Å². The van der Waals surface area contributed by atoms with Gasteiger partial charge in [-0.1, -0.05) is 72.8 Å². The van der Waals surface area contributed by atoms with Crippen molar-refractivity contribution < 1.29 is 8.83 Å². The van der Waals surface area contributed by atoms with Gasteiger partial charge in [-0.05, 0) is 69.5 Å². The summed E-state index contributed by atoms with van der Waals surface area (Å²) in [5.41, 5.74) is 11.9. The summed E-state index contributed by atoms with van der Waals surface area (Å²) in [6.45, 7) is 0. The standard InChI is InChI=1S/C29H18O3/c30-29-31-27(19-9-11-25-21(15-19)13-17-5-1-3-7-23(17)25)28(32-29)20-10-12-26-22(16-20)14-18-6-2-4-8-24(18)26/h1-12,15-16H,13-14H2. The maximum absolute atomic E-state index is 12.1. The van der Waals surface area contributed by atoms with Crippen molar-refractivity contribution in [2.45, 2.75) is 12.8 Å². The zero-order chi connectivity index (χ0) is 21.2. The largest absolute Gasteiger partial charge is 0.519 e. The van der Waals surface area contributed by atoms with Crippen molar-refractivity contribution >= 4 is 0 Å². The van der Waals surface area contributed by atoms with Crippen molar-refractivity contribution in [1.82, 2.24) is 0 Å². The van der Waals surface area contributed by atoms with Gasteiger partial charge in [0.2, 0.25) is 0 Å². The fraction of sp³-hybridized carbons (Fsp3) is 0.0690. The molecule has 0 aliphatic heterocycles. The van der Waals surface area contributed by atoms with Gasteiger partial charge in [0, 0.05) is 11.1 Å². The predicted molar refractivity (Wildman–Crippen MR) is 125 cm³/mol. The Bertz CT molecular complexity index is 1480. The number of hydrogen-bond acceptors (Lipinski definition) is 3. The van der Waals surface area contributed by atoms with E-state index in [0.29, 0.717) is 11.5 Å². The van der Waals surface area contributed by atoms with E-state index in [2.05, 4.69) is 72.8 Å². The Balaban J connectivity index is 1.32. The normalized spacial score (nSPS) is 12.9. The zero-order valence-corrected chi connectivity index (χ0v) is 17.2. The van der Waals surface area contributed by atoms with Crippen LogP contribution in [0.5, 0.6) is 0 Å². The fourth-order valence-corrected chi connectivity index (χ4v) is 5.23. The summed E-state index contributed by atoms with van der Waals surface area (Å²) in [5.74, 6) is 0.302. The van der Waals surface area contributed by atoms with E-state index in [-0.39, 0.29) is 0 Å². The maximum Gasteiger partial charge on any atom is 0.519 e. The highest BCUT2D eigenvalue weighted by atomic mass is 16.6. The number of hydrogen-bond donors (Lipinski definition) is 0. The van der Waals surface area contributed by atoms with Crippen LogP contribution >= 0.6 is 0 Å². The molecule has 3 nitrogen and oxygen atoms in total. The van der Waals surface area contributed by atoms with Crippen LogP contribution in [0.1, 0.15) is 22.3 Å². The van der Waals surface area contributed by atoms with Gasteiger partial charge in [0.05, 0.1) is 0 Å². The molecular formula is C29H18O3. The Morgan fingerprint density at radius 2 is 0.938 bits per heavy atom. The van der Waals surface area contributed by atoms with Crippen LogP contribution in [-0.2, 0) is 12.8 Å². The second-order valence-corrected chi connectivity index (χ2v) is 8.52. The lowest BCUT2D eigenvalue weighted by atomic mass is 9.98. The number of benzene rings is 4. The highest BCUT2D eigenvalue weighted by Gasteiger charge is 2.24. The molecule has 0 fully saturated rings. The molecule has 5 aromatic rings. The first kappa shape index (κ1) is 17.6. The summed E-state index contributed by atoms with van der Waals surface area (Å²) in [5, 5.41) is 0. The van der Waals surface area contributed by atoms with E-state index in [0.717, 1.165) is 24.0 Å². The highest BCUT2D eigenvalue weighted by molar-refractivity contribution is 5.84. The Hall–Kier alpha value is -4.11. The van der Waals surface area contributed by atoms with Crippen molar-refractivity contribution in [3.8, 4) is 44.9 Å². The SMILES string of the molecule is O=c1oc(-c2ccc3c(c2)Cc2ccccc2-3)c(-c2ccc3c(c2)Cc2ccccc2-3)o1. The highest BCUT2D eigenvalue weighted by Crippen LogP contribution is 2.42. The van der Waals surface area contributed by atoms with Gasteiger partial charge in [-0.25, -0.2) is 4.79 Å². The summed E-state index contributed by atoms with van der Waals surface area (Å²) in [4.78, 5) is 12.1. The minimum Gasteiger partial charge on any atom is -0.390 e. The molecule has 0 saturated carbocycles. The Morgan fingerprint density at radius 1 is 0.500 bits per heavy atom. The summed E-state index contributed by atoms with van der Waals surface area (Å²) in [6, 6.07) is 29.5. The summed E-state index contributed by atoms with van der Waals surface area (Å²) >= 11 is 0. The van der Waals surface area contributed by atoms with Crippen molar-refractivity contribution in [2.24, 2.45) is 0 Å². The molecular weight excluding hydrogens is 396 g/mol. The van der Waals surface area contributed by atoms with E-state index >= 15 is 0 Å². The van der Waals surface area contributed by atoms with Crippen LogP contribution in [-0.4, -0.2) is 0 Å². The number of rotatable bonds is 2. The first-order valence-electron chi connectivity index (χ1n) is 10.8. The molecule has 32 heavy (non-hydrogen) atoms. The molecule has 2 aliphatic rings. The smallest absolute Gasteiger partial charge is 0.390 e. The van der Waals surface area contributed by atoms with Crippen molar-refractivity contribution in [2.75, 3.05) is 0 Å². The molecule has 0 N–H and O–H groups in total. The van der Waals surface area contributed by atoms with Crippen LogP contribution in [0.4, 0.5) is 0 Å². The van der Waals surface area contributed by atoms with Gasteiger partial charge in [0.15, 0.2) is 11.5 Å². The molecule has 0 unspecified atom stereocenters. The lowest BCUT2D eigenvalue weighted by Gasteiger charge is -2.06. The molecule has 0 amide bonds. The molecule has 7 rings (SSSR count). The van der Waals surface area contributed by atoms with Gasteiger partial charge < -0.3 is 8.83 Å². The van der Waals surface area contributed by atoms with E-state index in [1.807, 2.05) is 12.1 Å². The monoisotopic (exact) mass is 414 g/mol. The molecule has 0 bridgehead atoms. The molecule has 0 atom stereocenters. The van der Waals surface area contributed by atoms with Crippen molar-refractivity contribution in [3.63, 3.8) is 0 Å². The maximum atomic E-state index is 12.1.